The molecule has 3 rings (SSSR count). The number of hydrogen-bond donors (Lipinski definition) is 1. The highest BCUT2D eigenvalue weighted by molar-refractivity contribution is 4.91. The van der Waals surface area contributed by atoms with Crippen LogP contribution in [0.15, 0.2) is 0 Å². The minimum atomic E-state index is 0.778. The minimum absolute atomic E-state index is 0.778. The van der Waals surface area contributed by atoms with E-state index in [2.05, 4.69) is 24.1 Å². The highest BCUT2D eigenvalue weighted by Crippen LogP contribution is 2.32. The van der Waals surface area contributed by atoms with Gasteiger partial charge in [-0.05, 0) is 56.4 Å². The van der Waals surface area contributed by atoms with Gasteiger partial charge in [0, 0.05) is 25.2 Å². The molecule has 0 radical (unpaired) electrons. The Morgan fingerprint density at radius 2 is 1.79 bits per heavy atom. The topological polar surface area (TPSA) is 15.3 Å². The maximum absolute atomic E-state index is 3.99. The maximum atomic E-state index is 3.99. The van der Waals surface area contributed by atoms with Gasteiger partial charge in [-0.1, -0.05) is 26.7 Å². The molecule has 0 aromatic heterocycles. The van der Waals surface area contributed by atoms with Gasteiger partial charge in [-0.3, -0.25) is 0 Å². The largest absolute Gasteiger partial charge is 0.310 e. The van der Waals surface area contributed by atoms with Crippen molar-refractivity contribution in [2.24, 2.45) is 17.8 Å². The lowest BCUT2D eigenvalue weighted by molar-refractivity contribution is 0.0997. The molecule has 1 aliphatic carbocycles. The molecule has 5 unspecified atom stereocenters. The zero-order valence-electron chi connectivity index (χ0n) is 12.9. The average Bonchev–Trinajstić information content (AvgIpc) is 2.43. The molecular weight excluding hydrogens is 232 g/mol. The maximum Gasteiger partial charge on any atom is 0.0197 e. The molecule has 0 aromatic rings. The first-order valence-corrected chi connectivity index (χ1v) is 8.71. The highest BCUT2D eigenvalue weighted by atomic mass is 15.2. The lowest BCUT2D eigenvalue weighted by atomic mass is 9.77. The molecule has 0 amide bonds. The van der Waals surface area contributed by atoms with Gasteiger partial charge in [-0.25, -0.2) is 0 Å². The molecule has 19 heavy (non-hydrogen) atoms. The van der Waals surface area contributed by atoms with Crippen molar-refractivity contribution in [1.29, 1.82) is 0 Å². The first-order chi connectivity index (χ1) is 9.22. The monoisotopic (exact) mass is 264 g/mol. The summed E-state index contributed by atoms with van der Waals surface area (Å²) in [5.74, 6) is 2.82. The molecule has 1 N–H and O–H groups in total. The Kier molecular flexibility index (Phi) is 4.48. The second kappa shape index (κ2) is 6.13. The van der Waals surface area contributed by atoms with Gasteiger partial charge in [0.2, 0.25) is 0 Å². The first-order valence-electron chi connectivity index (χ1n) is 8.71. The van der Waals surface area contributed by atoms with E-state index in [0.29, 0.717) is 0 Å². The summed E-state index contributed by atoms with van der Waals surface area (Å²) in [5.41, 5.74) is 0. The van der Waals surface area contributed by atoms with Crippen LogP contribution in [0.25, 0.3) is 0 Å². The molecule has 0 bridgehead atoms. The number of nitrogens with one attached hydrogen (secondary N) is 1. The van der Waals surface area contributed by atoms with Gasteiger partial charge >= 0.3 is 0 Å². The van der Waals surface area contributed by atoms with Gasteiger partial charge in [0.15, 0.2) is 0 Å². The molecule has 3 aliphatic rings. The predicted octanol–water partition coefficient (Wildman–Crippen LogP) is 3.28. The van der Waals surface area contributed by atoms with E-state index in [0.717, 1.165) is 29.8 Å². The van der Waals surface area contributed by atoms with Crippen LogP contribution in [0.3, 0.4) is 0 Å². The van der Waals surface area contributed by atoms with Gasteiger partial charge in [-0.2, -0.15) is 0 Å². The molecule has 2 heterocycles. The van der Waals surface area contributed by atoms with Crippen molar-refractivity contribution >= 4 is 0 Å². The Hall–Kier alpha value is -0.0800. The van der Waals surface area contributed by atoms with Gasteiger partial charge in [0.05, 0.1) is 0 Å². The lowest BCUT2D eigenvalue weighted by Crippen LogP contribution is -2.54. The van der Waals surface area contributed by atoms with E-state index >= 15 is 0 Å². The number of rotatable bonds is 2. The second-order valence-electron chi connectivity index (χ2n) is 7.59. The first kappa shape index (κ1) is 13.9. The molecule has 0 spiro atoms. The highest BCUT2D eigenvalue weighted by Gasteiger charge is 2.33. The fourth-order valence-corrected chi connectivity index (χ4v) is 4.54. The Labute approximate surface area is 119 Å². The lowest BCUT2D eigenvalue weighted by Gasteiger charge is -2.43. The van der Waals surface area contributed by atoms with Crippen molar-refractivity contribution in [3.63, 3.8) is 0 Å². The molecule has 110 valence electrons. The average molecular weight is 264 g/mol. The fourth-order valence-electron chi connectivity index (χ4n) is 4.54. The fraction of sp³-hybridized carbons (Fsp3) is 1.00. The predicted molar refractivity (Wildman–Crippen MR) is 81.3 cm³/mol. The molecule has 5 atom stereocenters. The third kappa shape index (κ3) is 3.33. The van der Waals surface area contributed by atoms with E-state index < -0.39 is 0 Å². The van der Waals surface area contributed by atoms with Crippen LogP contribution in [0.4, 0.5) is 0 Å². The van der Waals surface area contributed by atoms with Crippen LogP contribution in [-0.4, -0.2) is 36.6 Å². The van der Waals surface area contributed by atoms with Crippen LogP contribution >= 0.6 is 0 Å². The Balaban J connectivity index is 1.48. The van der Waals surface area contributed by atoms with Crippen molar-refractivity contribution in [1.82, 2.24) is 10.2 Å². The van der Waals surface area contributed by atoms with Crippen LogP contribution < -0.4 is 5.32 Å². The van der Waals surface area contributed by atoms with Crippen LogP contribution in [0, 0.1) is 17.8 Å². The third-order valence-electron chi connectivity index (χ3n) is 6.14. The molecule has 2 heteroatoms. The summed E-state index contributed by atoms with van der Waals surface area (Å²) >= 11 is 0. The standard InChI is InChI=1S/C17H32N2/c1-13-9-10-19(11-14(13)2)12-16-8-7-15-5-3-4-6-17(15)18-16/h13-18H,3-12H2,1-2H3. The van der Waals surface area contributed by atoms with E-state index in [-0.39, 0.29) is 0 Å². The number of piperidine rings is 2. The number of likely N-dealkylation sites (tertiary alicyclic amines) is 1. The Morgan fingerprint density at radius 1 is 0.947 bits per heavy atom. The van der Waals surface area contributed by atoms with Crippen LogP contribution in [0.5, 0.6) is 0 Å². The third-order valence-corrected chi connectivity index (χ3v) is 6.14. The number of fused-ring (bicyclic) bond motifs is 1. The molecule has 0 aromatic carbocycles. The summed E-state index contributed by atoms with van der Waals surface area (Å²) in [4.78, 5) is 2.73. The summed E-state index contributed by atoms with van der Waals surface area (Å²) < 4.78 is 0. The Bertz CT molecular complexity index is 291. The molecule has 1 saturated carbocycles. The molecule has 2 saturated heterocycles. The van der Waals surface area contributed by atoms with Gasteiger partial charge in [-0.15, -0.1) is 0 Å². The Morgan fingerprint density at radius 3 is 2.63 bits per heavy atom. The smallest absolute Gasteiger partial charge is 0.0197 e. The SMILES string of the molecule is CC1CCN(CC2CCC3CCCCC3N2)CC1C. The molecule has 2 nitrogen and oxygen atoms in total. The minimum Gasteiger partial charge on any atom is -0.310 e. The summed E-state index contributed by atoms with van der Waals surface area (Å²) in [5, 5.41) is 3.99. The van der Waals surface area contributed by atoms with E-state index in [1.165, 1.54) is 64.6 Å². The van der Waals surface area contributed by atoms with Gasteiger partial charge < -0.3 is 10.2 Å². The van der Waals surface area contributed by atoms with Crippen molar-refractivity contribution in [2.75, 3.05) is 19.6 Å². The number of hydrogen-bond acceptors (Lipinski definition) is 2. The molecule has 3 fully saturated rings. The zero-order valence-corrected chi connectivity index (χ0v) is 12.9. The van der Waals surface area contributed by atoms with E-state index in [9.17, 15) is 0 Å². The second-order valence-corrected chi connectivity index (χ2v) is 7.59. The molecule has 2 aliphatic heterocycles. The van der Waals surface area contributed by atoms with E-state index in [1.54, 1.807) is 0 Å². The van der Waals surface area contributed by atoms with Crippen LogP contribution in [0.1, 0.15) is 58.8 Å². The van der Waals surface area contributed by atoms with E-state index in [4.69, 9.17) is 0 Å². The number of nitrogens with zero attached hydrogens (tertiary/aromatic N) is 1. The van der Waals surface area contributed by atoms with Crippen molar-refractivity contribution < 1.29 is 0 Å². The quantitative estimate of drug-likeness (QED) is 0.823. The van der Waals surface area contributed by atoms with Crippen LogP contribution in [-0.2, 0) is 0 Å². The van der Waals surface area contributed by atoms with Crippen molar-refractivity contribution in [3.8, 4) is 0 Å². The van der Waals surface area contributed by atoms with E-state index in [1.807, 2.05) is 0 Å². The van der Waals surface area contributed by atoms with Crippen molar-refractivity contribution in [2.45, 2.75) is 70.9 Å². The zero-order chi connectivity index (χ0) is 13.2. The van der Waals surface area contributed by atoms with Crippen molar-refractivity contribution in [3.05, 3.63) is 0 Å². The summed E-state index contributed by atoms with van der Waals surface area (Å²) in [6, 6.07) is 1.63. The van der Waals surface area contributed by atoms with Gasteiger partial charge in [0.1, 0.15) is 0 Å². The normalized spacial score (nSPS) is 44.8. The molecular formula is C17H32N2. The van der Waals surface area contributed by atoms with Crippen LogP contribution in [0.2, 0.25) is 0 Å². The summed E-state index contributed by atoms with van der Waals surface area (Å²) in [6.45, 7) is 8.82. The summed E-state index contributed by atoms with van der Waals surface area (Å²) in [7, 11) is 0. The summed E-state index contributed by atoms with van der Waals surface area (Å²) in [6.07, 6.45) is 10.2. The van der Waals surface area contributed by atoms with Gasteiger partial charge in [0.25, 0.3) is 0 Å².